The second-order valence-corrected chi connectivity index (χ2v) is 8.09. The molecule has 0 radical (unpaired) electrons. The van der Waals surface area contributed by atoms with E-state index in [2.05, 4.69) is 29.8 Å². The van der Waals surface area contributed by atoms with Crippen molar-refractivity contribution < 1.29 is 9.59 Å². The highest BCUT2D eigenvalue weighted by Gasteiger charge is 2.40. The van der Waals surface area contributed by atoms with Crippen molar-refractivity contribution in [2.75, 3.05) is 19.6 Å². The summed E-state index contributed by atoms with van der Waals surface area (Å²) in [4.78, 5) is 25.5. The highest BCUT2D eigenvalue weighted by atomic mass is 35.5. The van der Waals surface area contributed by atoms with Crippen LogP contribution < -0.4 is 16.0 Å². The zero-order valence-electron chi connectivity index (χ0n) is 16.6. The van der Waals surface area contributed by atoms with E-state index in [0.717, 1.165) is 58.0 Å². The maximum atomic E-state index is 12.8. The lowest BCUT2D eigenvalue weighted by molar-refractivity contribution is -0.135. The van der Waals surface area contributed by atoms with Crippen molar-refractivity contribution in [1.82, 2.24) is 16.0 Å². The number of amides is 2. The molecule has 1 aliphatic heterocycles. The summed E-state index contributed by atoms with van der Waals surface area (Å²) >= 11 is 0. The van der Waals surface area contributed by atoms with E-state index in [9.17, 15) is 9.59 Å². The van der Waals surface area contributed by atoms with Crippen LogP contribution in [0.25, 0.3) is 0 Å². The Bertz CT molecular complexity index is 433. The monoisotopic (exact) mass is 387 g/mol. The second-order valence-electron chi connectivity index (χ2n) is 8.09. The van der Waals surface area contributed by atoms with Crippen LogP contribution in [-0.4, -0.2) is 37.0 Å². The van der Waals surface area contributed by atoms with Gasteiger partial charge in [-0.25, -0.2) is 0 Å². The van der Waals surface area contributed by atoms with Gasteiger partial charge in [-0.1, -0.05) is 39.5 Å². The van der Waals surface area contributed by atoms with Crippen LogP contribution in [0, 0.1) is 11.8 Å². The van der Waals surface area contributed by atoms with Crippen LogP contribution in [0.4, 0.5) is 0 Å². The summed E-state index contributed by atoms with van der Waals surface area (Å²) in [6, 6.07) is 0. The number of unbranched alkanes of at least 4 members (excludes halogenated alkanes) is 1. The molecule has 5 nitrogen and oxygen atoms in total. The van der Waals surface area contributed by atoms with Crippen LogP contribution in [0.15, 0.2) is 0 Å². The summed E-state index contributed by atoms with van der Waals surface area (Å²) in [6.45, 7) is 7.10. The number of piperidine rings is 1. The Morgan fingerprint density at radius 3 is 2.54 bits per heavy atom. The molecule has 1 aliphatic carbocycles. The van der Waals surface area contributed by atoms with E-state index < -0.39 is 5.54 Å². The average Bonchev–Trinajstić information content (AvgIpc) is 2.63. The number of carbonyl (C=O) groups is 2. The molecular weight excluding hydrogens is 350 g/mol. The smallest absolute Gasteiger partial charge is 0.245 e. The van der Waals surface area contributed by atoms with E-state index in [1.165, 1.54) is 12.8 Å². The normalized spacial score (nSPS) is 23.4. The summed E-state index contributed by atoms with van der Waals surface area (Å²) in [5, 5.41) is 9.64. The van der Waals surface area contributed by atoms with Crippen LogP contribution in [0.1, 0.15) is 78.1 Å². The summed E-state index contributed by atoms with van der Waals surface area (Å²) in [6.07, 6.45) is 9.71. The molecule has 2 amide bonds. The van der Waals surface area contributed by atoms with Crippen molar-refractivity contribution in [3.8, 4) is 0 Å². The van der Waals surface area contributed by atoms with Gasteiger partial charge in [0, 0.05) is 13.0 Å². The minimum absolute atomic E-state index is 0. The van der Waals surface area contributed by atoms with Gasteiger partial charge in [0.1, 0.15) is 5.54 Å². The third-order valence-corrected chi connectivity index (χ3v) is 5.98. The van der Waals surface area contributed by atoms with Crippen molar-refractivity contribution in [2.45, 2.75) is 83.6 Å². The lowest BCUT2D eigenvalue weighted by Crippen LogP contribution is -2.60. The Kier molecular flexibility index (Phi) is 10.6. The number of hydrogen-bond acceptors (Lipinski definition) is 3. The largest absolute Gasteiger partial charge is 0.354 e. The van der Waals surface area contributed by atoms with Gasteiger partial charge >= 0.3 is 0 Å². The predicted octanol–water partition coefficient (Wildman–Crippen LogP) is 3.17. The van der Waals surface area contributed by atoms with E-state index >= 15 is 0 Å². The van der Waals surface area contributed by atoms with Crippen molar-refractivity contribution in [2.24, 2.45) is 11.8 Å². The maximum Gasteiger partial charge on any atom is 0.245 e. The fourth-order valence-electron chi connectivity index (χ4n) is 4.25. The molecule has 2 atom stereocenters. The summed E-state index contributed by atoms with van der Waals surface area (Å²) in [5.41, 5.74) is -0.673. The number of halogens is 1. The Morgan fingerprint density at radius 1 is 1.19 bits per heavy atom. The van der Waals surface area contributed by atoms with Crippen LogP contribution >= 0.6 is 12.4 Å². The summed E-state index contributed by atoms with van der Waals surface area (Å²) < 4.78 is 0. The molecule has 0 spiro atoms. The lowest BCUT2D eigenvalue weighted by atomic mass is 9.80. The summed E-state index contributed by atoms with van der Waals surface area (Å²) in [5.74, 6) is 1.00. The highest BCUT2D eigenvalue weighted by molar-refractivity contribution is 5.91. The molecule has 0 bridgehead atoms. The van der Waals surface area contributed by atoms with Gasteiger partial charge in [-0.3, -0.25) is 9.59 Å². The molecule has 6 heteroatoms. The number of rotatable bonds is 8. The van der Waals surface area contributed by atoms with Crippen LogP contribution in [0.2, 0.25) is 0 Å². The van der Waals surface area contributed by atoms with Crippen molar-refractivity contribution in [1.29, 1.82) is 0 Å². The number of nitrogens with one attached hydrogen (secondary N) is 3. The van der Waals surface area contributed by atoms with Crippen LogP contribution in [0.3, 0.4) is 0 Å². The first-order valence-corrected chi connectivity index (χ1v) is 10.4. The van der Waals surface area contributed by atoms with E-state index in [1.54, 1.807) is 0 Å². The Morgan fingerprint density at radius 2 is 1.92 bits per heavy atom. The lowest BCUT2D eigenvalue weighted by Gasteiger charge is -2.37. The minimum Gasteiger partial charge on any atom is -0.354 e. The molecule has 2 fully saturated rings. The first kappa shape index (κ1) is 23.2. The standard InChI is InChI=1S/C20H37N3O2.ClH/c1-3-4-13-22-19(25)20(10-6-5-7-11-20)23-18(24)14-16(2)17-9-8-12-21-15-17;/h16-17,21H,3-15H2,1-2H3,(H,22,25)(H,23,24);1H. The molecule has 1 saturated carbocycles. The van der Waals surface area contributed by atoms with Crippen LogP contribution in [0.5, 0.6) is 0 Å². The van der Waals surface area contributed by atoms with E-state index in [-0.39, 0.29) is 24.2 Å². The van der Waals surface area contributed by atoms with Gasteiger partial charge in [-0.05, 0) is 57.0 Å². The van der Waals surface area contributed by atoms with Gasteiger partial charge in [-0.2, -0.15) is 0 Å². The highest BCUT2D eigenvalue weighted by Crippen LogP contribution is 2.29. The minimum atomic E-state index is -0.673. The van der Waals surface area contributed by atoms with Gasteiger partial charge in [0.2, 0.25) is 11.8 Å². The number of hydrogen-bond donors (Lipinski definition) is 3. The summed E-state index contributed by atoms with van der Waals surface area (Å²) in [7, 11) is 0. The molecule has 2 aliphatic rings. The van der Waals surface area contributed by atoms with Crippen molar-refractivity contribution in [3.63, 3.8) is 0 Å². The Hall–Kier alpha value is -0.810. The first-order valence-electron chi connectivity index (χ1n) is 10.4. The maximum absolute atomic E-state index is 12.8. The first-order chi connectivity index (χ1) is 12.1. The molecule has 1 saturated heterocycles. The quantitative estimate of drug-likeness (QED) is 0.560. The van der Waals surface area contributed by atoms with Crippen LogP contribution in [-0.2, 0) is 9.59 Å². The molecule has 0 aromatic carbocycles. The molecule has 0 aromatic rings. The second kappa shape index (κ2) is 11.8. The molecule has 1 heterocycles. The van der Waals surface area contributed by atoms with E-state index in [4.69, 9.17) is 0 Å². The predicted molar refractivity (Wildman–Crippen MR) is 108 cm³/mol. The average molecular weight is 388 g/mol. The third kappa shape index (κ3) is 6.73. The van der Waals surface area contributed by atoms with Gasteiger partial charge < -0.3 is 16.0 Å². The van der Waals surface area contributed by atoms with Crippen molar-refractivity contribution in [3.05, 3.63) is 0 Å². The molecule has 3 N–H and O–H groups in total. The molecule has 0 aromatic heterocycles. The Labute approximate surface area is 165 Å². The van der Waals surface area contributed by atoms with E-state index in [1.807, 2.05) is 0 Å². The zero-order chi connectivity index (χ0) is 18.1. The van der Waals surface area contributed by atoms with E-state index in [0.29, 0.717) is 24.8 Å². The molecule has 2 unspecified atom stereocenters. The topological polar surface area (TPSA) is 70.2 Å². The molecule has 2 rings (SSSR count). The molecule has 26 heavy (non-hydrogen) atoms. The molecule has 152 valence electrons. The third-order valence-electron chi connectivity index (χ3n) is 5.98. The fraction of sp³-hybridized carbons (Fsp3) is 0.900. The Balaban J connectivity index is 0.00000338. The van der Waals surface area contributed by atoms with Crippen molar-refractivity contribution >= 4 is 24.2 Å². The van der Waals surface area contributed by atoms with Gasteiger partial charge in [0.05, 0.1) is 0 Å². The van der Waals surface area contributed by atoms with Gasteiger partial charge in [0.25, 0.3) is 0 Å². The molecular formula is C20H38ClN3O2. The SMILES string of the molecule is CCCCNC(=O)C1(NC(=O)CC(C)C2CCCNC2)CCCCC1.Cl. The fourth-order valence-corrected chi connectivity index (χ4v) is 4.25. The number of carbonyl (C=O) groups excluding carboxylic acids is 2. The van der Waals surface area contributed by atoms with Gasteiger partial charge in [0.15, 0.2) is 0 Å². The van der Waals surface area contributed by atoms with Gasteiger partial charge in [-0.15, -0.1) is 12.4 Å². The zero-order valence-corrected chi connectivity index (χ0v) is 17.4.